The lowest BCUT2D eigenvalue weighted by Crippen LogP contribution is -2.08. The molecule has 0 aliphatic heterocycles. The van der Waals surface area contributed by atoms with E-state index in [9.17, 15) is 13.9 Å². The minimum atomic E-state index is -1.26. The van der Waals surface area contributed by atoms with Gasteiger partial charge in [-0.15, -0.1) is 0 Å². The highest BCUT2D eigenvalue weighted by Gasteiger charge is 2.19. The molecule has 5 heteroatoms. The molecule has 0 aliphatic carbocycles. The van der Waals surface area contributed by atoms with Gasteiger partial charge in [0.05, 0.1) is 11.7 Å². The lowest BCUT2D eigenvalue weighted by Gasteiger charge is -2.13. The number of aliphatic hydroxyl groups excluding tert-OH is 1. The van der Waals surface area contributed by atoms with Gasteiger partial charge in [-0.25, -0.2) is 8.78 Å². The van der Waals surface area contributed by atoms with Crippen molar-refractivity contribution in [2.24, 2.45) is 0 Å². The molecular formula is C14H12BrF2NO. The topological polar surface area (TPSA) is 33.1 Å². The van der Waals surface area contributed by atoms with Crippen molar-refractivity contribution in [1.82, 2.24) is 4.98 Å². The van der Waals surface area contributed by atoms with Gasteiger partial charge in [-0.3, -0.25) is 4.98 Å². The van der Waals surface area contributed by atoms with Crippen LogP contribution < -0.4 is 0 Å². The molecule has 0 bridgehead atoms. The summed E-state index contributed by atoms with van der Waals surface area (Å²) in [6.07, 6.45) is 0.454. The van der Waals surface area contributed by atoms with Crippen molar-refractivity contribution in [2.45, 2.75) is 19.4 Å². The van der Waals surface area contributed by atoms with Crippen LogP contribution in [0, 0.1) is 18.6 Å². The van der Waals surface area contributed by atoms with Gasteiger partial charge in [-0.1, -0.05) is 22.0 Å². The third-order valence-corrected chi connectivity index (χ3v) is 3.21. The van der Waals surface area contributed by atoms with E-state index in [1.54, 1.807) is 12.3 Å². The number of aliphatic hydroxyl groups is 1. The summed E-state index contributed by atoms with van der Waals surface area (Å²) in [5.41, 5.74) is 1.24. The van der Waals surface area contributed by atoms with E-state index in [1.807, 2.05) is 13.0 Å². The summed E-state index contributed by atoms with van der Waals surface area (Å²) in [6, 6.07) is 5.82. The molecule has 0 saturated carbocycles. The molecule has 1 aromatic heterocycles. The van der Waals surface area contributed by atoms with E-state index in [0.29, 0.717) is 10.2 Å². The number of pyridine rings is 1. The average Bonchev–Trinajstić information content (AvgIpc) is 2.30. The molecule has 2 aromatic rings. The summed E-state index contributed by atoms with van der Waals surface area (Å²) in [7, 11) is 0. The normalized spacial score (nSPS) is 12.5. The average molecular weight is 328 g/mol. The third-order valence-electron chi connectivity index (χ3n) is 2.75. The molecule has 19 heavy (non-hydrogen) atoms. The second kappa shape index (κ2) is 5.75. The Kier molecular flexibility index (Phi) is 4.27. The zero-order valence-electron chi connectivity index (χ0n) is 10.2. The first-order chi connectivity index (χ1) is 8.97. The van der Waals surface area contributed by atoms with Crippen LogP contribution in [0.25, 0.3) is 0 Å². The Morgan fingerprint density at radius 2 is 1.89 bits per heavy atom. The molecule has 0 spiro atoms. The number of rotatable bonds is 3. The van der Waals surface area contributed by atoms with Gasteiger partial charge in [0.15, 0.2) is 0 Å². The number of nitrogens with zero attached hydrogens (tertiary/aromatic N) is 1. The Morgan fingerprint density at radius 3 is 2.42 bits per heavy atom. The van der Waals surface area contributed by atoms with Gasteiger partial charge < -0.3 is 5.11 Å². The predicted molar refractivity (Wildman–Crippen MR) is 71.7 cm³/mol. The maximum atomic E-state index is 13.7. The Bertz CT molecular complexity index is 563. The molecular weight excluding hydrogens is 316 g/mol. The first-order valence-electron chi connectivity index (χ1n) is 5.71. The lowest BCUT2D eigenvalue weighted by atomic mass is 10.0. The van der Waals surface area contributed by atoms with E-state index >= 15 is 0 Å². The van der Waals surface area contributed by atoms with Crippen LogP contribution in [-0.2, 0) is 6.42 Å². The number of hydrogen-bond acceptors (Lipinski definition) is 2. The molecule has 2 nitrogen and oxygen atoms in total. The van der Waals surface area contributed by atoms with Gasteiger partial charge in [-0.05, 0) is 30.7 Å². The van der Waals surface area contributed by atoms with Gasteiger partial charge in [0.2, 0.25) is 0 Å². The van der Waals surface area contributed by atoms with Crippen LogP contribution in [-0.4, -0.2) is 10.1 Å². The molecule has 100 valence electrons. The van der Waals surface area contributed by atoms with Crippen LogP contribution in [0.4, 0.5) is 8.78 Å². The fourth-order valence-electron chi connectivity index (χ4n) is 1.79. The fraction of sp³-hybridized carbons (Fsp3) is 0.214. The summed E-state index contributed by atoms with van der Waals surface area (Å²) in [4.78, 5) is 4.11. The van der Waals surface area contributed by atoms with Gasteiger partial charge in [-0.2, -0.15) is 0 Å². The van der Waals surface area contributed by atoms with E-state index < -0.39 is 17.7 Å². The van der Waals surface area contributed by atoms with Gasteiger partial charge in [0.25, 0.3) is 0 Å². The number of aryl methyl sites for hydroxylation is 1. The highest BCUT2D eigenvalue weighted by atomic mass is 79.9. The first-order valence-corrected chi connectivity index (χ1v) is 6.50. The Morgan fingerprint density at radius 1 is 1.26 bits per heavy atom. The quantitative estimate of drug-likeness (QED) is 0.932. The summed E-state index contributed by atoms with van der Waals surface area (Å²) in [5.74, 6) is -1.54. The smallest absolute Gasteiger partial charge is 0.133 e. The minimum Gasteiger partial charge on any atom is -0.388 e. The van der Waals surface area contributed by atoms with Crippen LogP contribution in [0.5, 0.6) is 0 Å². The summed E-state index contributed by atoms with van der Waals surface area (Å²) in [5, 5.41) is 9.96. The molecule has 0 saturated heterocycles. The second-order valence-electron chi connectivity index (χ2n) is 4.33. The van der Waals surface area contributed by atoms with Crippen molar-refractivity contribution in [3.8, 4) is 0 Å². The molecule has 1 aromatic carbocycles. The number of halogens is 3. The van der Waals surface area contributed by atoms with Crippen LogP contribution in [0.1, 0.15) is 22.9 Å². The lowest BCUT2D eigenvalue weighted by molar-refractivity contribution is 0.167. The maximum Gasteiger partial charge on any atom is 0.133 e. The summed E-state index contributed by atoms with van der Waals surface area (Å²) >= 11 is 3.00. The van der Waals surface area contributed by atoms with Crippen LogP contribution in [0.3, 0.4) is 0 Å². The van der Waals surface area contributed by atoms with E-state index in [0.717, 1.165) is 17.7 Å². The van der Waals surface area contributed by atoms with Crippen molar-refractivity contribution in [2.75, 3.05) is 0 Å². The van der Waals surface area contributed by atoms with Crippen molar-refractivity contribution in [1.29, 1.82) is 0 Å². The Labute approximate surface area is 118 Å². The fourth-order valence-corrected chi connectivity index (χ4v) is 2.19. The predicted octanol–water partition coefficient (Wildman–Crippen LogP) is 3.71. The highest BCUT2D eigenvalue weighted by Crippen LogP contribution is 2.26. The second-order valence-corrected chi connectivity index (χ2v) is 5.25. The van der Waals surface area contributed by atoms with Gasteiger partial charge in [0, 0.05) is 22.8 Å². The molecule has 0 radical (unpaired) electrons. The summed E-state index contributed by atoms with van der Waals surface area (Å²) < 4.78 is 27.7. The van der Waals surface area contributed by atoms with Crippen LogP contribution in [0.15, 0.2) is 34.9 Å². The molecule has 0 fully saturated rings. The zero-order chi connectivity index (χ0) is 14.0. The molecule has 0 amide bonds. The monoisotopic (exact) mass is 327 g/mol. The van der Waals surface area contributed by atoms with Crippen molar-refractivity contribution in [3.05, 3.63) is 63.4 Å². The molecule has 2 rings (SSSR count). The van der Waals surface area contributed by atoms with Gasteiger partial charge in [0.1, 0.15) is 11.6 Å². The maximum absolute atomic E-state index is 13.7. The highest BCUT2D eigenvalue weighted by molar-refractivity contribution is 9.10. The number of benzene rings is 1. The number of aromatic nitrogens is 1. The first kappa shape index (κ1) is 14.1. The van der Waals surface area contributed by atoms with Crippen molar-refractivity contribution in [3.63, 3.8) is 0 Å². The molecule has 1 heterocycles. The van der Waals surface area contributed by atoms with Crippen molar-refractivity contribution >= 4 is 15.9 Å². The Hall–Kier alpha value is -1.33. The zero-order valence-corrected chi connectivity index (χ0v) is 11.8. The number of hydrogen-bond donors (Lipinski definition) is 1. The van der Waals surface area contributed by atoms with E-state index in [2.05, 4.69) is 20.9 Å². The van der Waals surface area contributed by atoms with Crippen LogP contribution in [0.2, 0.25) is 0 Å². The SMILES string of the molecule is Cc1ccc(CC(O)c2c(F)cc(Br)cc2F)nc1. The van der Waals surface area contributed by atoms with E-state index in [-0.39, 0.29) is 12.0 Å². The largest absolute Gasteiger partial charge is 0.388 e. The molecule has 1 N–H and O–H groups in total. The van der Waals surface area contributed by atoms with Crippen LogP contribution >= 0.6 is 15.9 Å². The molecule has 0 aliphatic rings. The standard InChI is InChI=1S/C14H12BrF2NO/c1-8-2-3-10(18-7-8)6-13(19)14-11(16)4-9(15)5-12(14)17/h2-5,7,13,19H,6H2,1H3. The molecule has 1 atom stereocenters. The van der Waals surface area contributed by atoms with E-state index in [1.165, 1.54) is 0 Å². The molecule has 1 unspecified atom stereocenters. The van der Waals surface area contributed by atoms with E-state index in [4.69, 9.17) is 0 Å². The summed E-state index contributed by atoms with van der Waals surface area (Å²) in [6.45, 7) is 1.89. The Balaban J connectivity index is 2.25. The third kappa shape index (κ3) is 3.36. The minimum absolute atomic E-state index is 0.0652. The van der Waals surface area contributed by atoms with Gasteiger partial charge >= 0.3 is 0 Å². The van der Waals surface area contributed by atoms with Crippen molar-refractivity contribution < 1.29 is 13.9 Å².